The Morgan fingerprint density at radius 2 is 2.16 bits per heavy atom. The second kappa shape index (κ2) is 5.39. The first kappa shape index (κ1) is 14.2. The van der Waals surface area contributed by atoms with Crippen LogP contribution in [-0.2, 0) is 9.47 Å². The lowest BCUT2D eigenvalue weighted by atomic mass is 9.99. The van der Waals surface area contributed by atoms with E-state index in [1.807, 2.05) is 13.8 Å². The average molecular weight is 266 g/mol. The largest absolute Gasteiger partial charge is 0.504 e. The molecule has 19 heavy (non-hydrogen) atoms. The maximum atomic E-state index is 9.71. The van der Waals surface area contributed by atoms with Gasteiger partial charge in [-0.15, -0.1) is 0 Å². The number of phenolic OH excluding ortho intramolecular Hbond substituents is 1. The van der Waals surface area contributed by atoms with Gasteiger partial charge in [-0.3, -0.25) is 0 Å². The van der Waals surface area contributed by atoms with E-state index in [1.54, 1.807) is 18.2 Å². The Kier molecular flexibility index (Phi) is 4.02. The summed E-state index contributed by atoms with van der Waals surface area (Å²) in [7, 11) is 0. The third-order valence-corrected chi connectivity index (χ3v) is 3.12. The quantitative estimate of drug-likeness (QED) is 0.911. The minimum atomic E-state index is -0.418. The molecular formula is C15H22O4. The van der Waals surface area contributed by atoms with Gasteiger partial charge in [0.2, 0.25) is 0 Å². The van der Waals surface area contributed by atoms with E-state index >= 15 is 0 Å². The minimum Gasteiger partial charge on any atom is -0.504 e. The lowest BCUT2D eigenvalue weighted by Crippen LogP contribution is -2.38. The van der Waals surface area contributed by atoms with Crippen molar-refractivity contribution < 1.29 is 19.3 Å². The summed E-state index contributed by atoms with van der Waals surface area (Å²) in [5.41, 5.74) is 0.646. The Hall–Kier alpha value is -1.26. The van der Waals surface area contributed by atoms with Gasteiger partial charge in [-0.1, -0.05) is 6.07 Å². The van der Waals surface area contributed by atoms with Crippen LogP contribution in [-0.4, -0.2) is 23.4 Å². The molecule has 0 aliphatic carbocycles. The smallest absolute Gasteiger partial charge is 0.184 e. The van der Waals surface area contributed by atoms with Crippen molar-refractivity contribution in [2.24, 2.45) is 0 Å². The highest BCUT2D eigenvalue weighted by Gasteiger charge is 2.34. The van der Waals surface area contributed by atoms with Gasteiger partial charge >= 0.3 is 0 Å². The molecule has 1 aromatic rings. The van der Waals surface area contributed by atoms with Crippen LogP contribution >= 0.6 is 0 Å². The van der Waals surface area contributed by atoms with Gasteiger partial charge in [-0.25, -0.2) is 0 Å². The fraction of sp³-hybridized carbons (Fsp3) is 0.600. The lowest BCUT2D eigenvalue weighted by molar-refractivity contribution is -0.273. The normalized spacial score (nSPS) is 26.1. The van der Waals surface area contributed by atoms with Gasteiger partial charge < -0.3 is 19.3 Å². The summed E-state index contributed by atoms with van der Waals surface area (Å²) in [5.74, 6) is 0.594. The number of aromatic hydroxyl groups is 1. The van der Waals surface area contributed by atoms with Crippen LogP contribution in [0.25, 0.3) is 0 Å². The number of ether oxygens (including phenoxy) is 3. The molecule has 1 heterocycles. The molecule has 0 bridgehead atoms. The zero-order valence-corrected chi connectivity index (χ0v) is 12.0. The summed E-state index contributed by atoms with van der Waals surface area (Å²) in [5, 5.41) is 9.71. The number of benzene rings is 1. The molecule has 0 amide bonds. The van der Waals surface area contributed by atoms with Gasteiger partial charge in [-0.05, 0) is 39.8 Å². The van der Waals surface area contributed by atoms with Crippen LogP contribution in [0.4, 0.5) is 0 Å². The zero-order chi connectivity index (χ0) is 14.0. The second-order valence-electron chi connectivity index (χ2n) is 5.52. The van der Waals surface area contributed by atoms with Crippen LogP contribution in [0.15, 0.2) is 18.2 Å². The molecule has 4 heteroatoms. The molecule has 1 fully saturated rings. The van der Waals surface area contributed by atoms with Gasteiger partial charge in [0.15, 0.2) is 17.8 Å². The molecule has 0 aromatic heterocycles. The van der Waals surface area contributed by atoms with Gasteiger partial charge in [0, 0.05) is 12.0 Å². The van der Waals surface area contributed by atoms with E-state index in [0.29, 0.717) is 12.4 Å². The Morgan fingerprint density at radius 1 is 1.42 bits per heavy atom. The van der Waals surface area contributed by atoms with E-state index < -0.39 is 6.29 Å². The summed E-state index contributed by atoms with van der Waals surface area (Å²) in [6.45, 7) is 8.54. The van der Waals surface area contributed by atoms with Crippen LogP contribution in [0.3, 0.4) is 0 Å². The fourth-order valence-corrected chi connectivity index (χ4v) is 2.41. The highest BCUT2D eigenvalue weighted by molar-refractivity contribution is 5.42. The molecule has 1 N–H and O–H groups in total. The predicted octanol–water partition coefficient (Wildman–Crippen LogP) is 3.39. The molecular weight excluding hydrogens is 244 g/mol. The number of rotatable bonds is 3. The first-order chi connectivity index (χ1) is 8.91. The molecule has 0 unspecified atom stereocenters. The van der Waals surface area contributed by atoms with Crippen LogP contribution in [0.1, 0.15) is 46.0 Å². The Labute approximate surface area is 114 Å². The van der Waals surface area contributed by atoms with Crippen LogP contribution in [0.5, 0.6) is 11.5 Å². The van der Waals surface area contributed by atoms with Crippen molar-refractivity contribution in [3.8, 4) is 11.5 Å². The topological polar surface area (TPSA) is 47.9 Å². The highest BCUT2D eigenvalue weighted by Crippen LogP contribution is 2.38. The maximum Gasteiger partial charge on any atom is 0.184 e. The van der Waals surface area contributed by atoms with Crippen molar-refractivity contribution in [1.29, 1.82) is 0 Å². The molecule has 1 aromatic carbocycles. The molecule has 106 valence electrons. The standard InChI is InChI=1S/C15H22O4/c1-5-17-13-8-11(6-7-12(13)16)14-18-10(2)9-15(3,4)19-14/h6-8,10,14,16H,5,9H2,1-4H3/t10-,14+/m1/s1. The van der Waals surface area contributed by atoms with Crippen molar-refractivity contribution in [2.75, 3.05) is 6.61 Å². The van der Waals surface area contributed by atoms with Gasteiger partial charge in [-0.2, -0.15) is 0 Å². The van der Waals surface area contributed by atoms with Crippen LogP contribution in [0.2, 0.25) is 0 Å². The Bertz CT molecular complexity index is 442. The van der Waals surface area contributed by atoms with E-state index in [2.05, 4.69) is 13.8 Å². The summed E-state index contributed by atoms with van der Waals surface area (Å²) in [6, 6.07) is 5.19. The monoisotopic (exact) mass is 266 g/mol. The van der Waals surface area contributed by atoms with Crippen molar-refractivity contribution in [3.05, 3.63) is 23.8 Å². The van der Waals surface area contributed by atoms with Gasteiger partial charge in [0.1, 0.15) is 0 Å². The Morgan fingerprint density at radius 3 is 2.79 bits per heavy atom. The number of hydrogen-bond acceptors (Lipinski definition) is 4. The third kappa shape index (κ3) is 3.39. The predicted molar refractivity (Wildman–Crippen MR) is 72.3 cm³/mol. The molecule has 4 nitrogen and oxygen atoms in total. The highest BCUT2D eigenvalue weighted by atomic mass is 16.7. The zero-order valence-electron chi connectivity index (χ0n) is 12.0. The molecule has 0 radical (unpaired) electrons. The third-order valence-electron chi connectivity index (χ3n) is 3.12. The molecule has 2 rings (SSSR count). The molecule has 1 aliphatic rings. The first-order valence-electron chi connectivity index (χ1n) is 6.70. The molecule has 2 atom stereocenters. The van der Waals surface area contributed by atoms with Crippen molar-refractivity contribution in [1.82, 2.24) is 0 Å². The maximum absolute atomic E-state index is 9.71. The minimum absolute atomic E-state index is 0.133. The molecule has 1 saturated heterocycles. The van der Waals surface area contributed by atoms with Gasteiger partial charge in [0.05, 0.1) is 18.3 Å². The first-order valence-corrected chi connectivity index (χ1v) is 6.70. The average Bonchev–Trinajstić information content (AvgIpc) is 2.29. The summed E-state index contributed by atoms with van der Waals surface area (Å²) >= 11 is 0. The summed E-state index contributed by atoms with van der Waals surface area (Å²) in [6.07, 6.45) is 0.580. The van der Waals surface area contributed by atoms with Crippen molar-refractivity contribution >= 4 is 0 Å². The Balaban J connectivity index is 2.23. The fourth-order valence-electron chi connectivity index (χ4n) is 2.41. The van der Waals surface area contributed by atoms with E-state index in [1.165, 1.54) is 0 Å². The van der Waals surface area contributed by atoms with Crippen LogP contribution < -0.4 is 4.74 Å². The van der Waals surface area contributed by atoms with Crippen LogP contribution in [0, 0.1) is 0 Å². The lowest BCUT2D eigenvalue weighted by Gasteiger charge is -2.39. The van der Waals surface area contributed by atoms with Crippen molar-refractivity contribution in [2.45, 2.75) is 52.1 Å². The molecule has 0 spiro atoms. The van der Waals surface area contributed by atoms with Crippen molar-refractivity contribution in [3.63, 3.8) is 0 Å². The van der Waals surface area contributed by atoms with E-state index in [-0.39, 0.29) is 17.5 Å². The number of hydrogen-bond donors (Lipinski definition) is 1. The van der Waals surface area contributed by atoms with E-state index in [9.17, 15) is 5.11 Å². The number of phenols is 1. The summed E-state index contributed by atoms with van der Waals surface area (Å²) < 4.78 is 17.2. The molecule has 1 aliphatic heterocycles. The van der Waals surface area contributed by atoms with Gasteiger partial charge in [0.25, 0.3) is 0 Å². The SMILES string of the molecule is CCOc1cc([C@H]2O[C@H](C)CC(C)(C)O2)ccc1O. The summed E-state index contributed by atoms with van der Waals surface area (Å²) in [4.78, 5) is 0. The molecule has 0 saturated carbocycles. The van der Waals surface area contributed by atoms with E-state index in [4.69, 9.17) is 14.2 Å². The second-order valence-corrected chi connectivity index (χ2v) is 5.52. The van der Waals surface area contributed by atoms with E-state index in [0.717, 1.165) is 12.0 Å².